The molecule has 27 heteroatoms. The van der Waals surface area contributed by atoms with Gasteiger partial charge in [0.05, 0.1) is 27.7 Å². The summed E-state index contributed by atoms with van der Waals surface area (Å²) in [6, 6.07) is 0. The number of quaternary nitrogens is 1. The fourth-order valence-electron chi connectivity index (χ4n) is 2.32. The molecule has 0 saturated carbocycles. The van der Waals surface area contributed by atoms with Gasteiger partial charge in [-0.1, -0.05) is 0 Å². The van der Waals surface area contributed by atoms with Gasteiger partial charge in [-0.3, -0.25) is 4.55 Å². The van der Waals surface area contributed by atoms with Crippen molar-refractivity contribution < 1.29 is 105 Å². The second-order valence-electron chi connectivity index (χ2n) is 9.02. The Morgan fingerprint density at radius 2 is 0.905 bits per heavy atom. The highest BCUT2D eigenvalue weighted by molar-refractivity contribution is 7.92. The topological polar surface area (TPSA) is 124 Å². The Labute approximate surface area is 224 Å². The molecule has 0 heterocycles. The first-order chi connectivity index (χ1) is 17.7. The fourth-order valence-corrected chi connectivity index (χ4v) is 3.43. The highest BCUT2D eigenvalue weighted by atomic mass is 32.3. The van der Waals surface area contributed by atoms with E-state index in [4.69, 9.17) is 17.5 Å². The van der Waals surface area contributed by atoms with E-state index >= 15 is 0 Å². The van der Waals surface area contributed by atoms with Crippen molar-refractivity contribution >= 4 is 20.2 Å². The van der Waals surface area contributed by atoms with Crippen molar-refractivity contribution in [1.29, 1.82) is 0 Å². The molecular weight excluding hydrogens is 691 g/mol. The predicted molar refractivity (Wildman–Crippen MR) is 102 cm³/mol. The lowest BCUT2D eigenvalue weighted by molar-refractivity contribution is -0.870. The lowest BCUT2D eigenvalue weighted by Crippen LogP contribution is -2.75. The van der Waals surface area contributed by atoms with Gasteiger partial charge in [0.15, 0.2) is 0 Å². The number of hydrogen-bond donors (Lipinski definition) is 2. The summed E-state index contributed by atoms with van der Waals surface area (Å²) in [7, 11) is -7.30. The van der Waals surface area contributed by atoms with Crippen LogP contribution in [0.4, 0.5) is 74.6 Å². The molecule has 0 fully saturated rings. The zero-order valence-corrected chi connectivity index (χ0v) is 22.1. The lowest BCUT2D eigenvalue weighted by atomic mass is 9.91. The highest BCUT2D eigenvalue weighted by Crippen LogP contribution is 2.64. The standard InChI is InChI=1S/C15H18F17N2O2S.H2O4S/c1-34(2,3)6-4-5-33-7-37(35,36)15(31,32)13(26,27)11(22,23)9(18,19)8(16,17)10(20,21)12(24,25)14(28,29)30;1-5(2,3)4/h33H,4-7H2,1-3H3;(H2,1,2,3,4)/q+1;/p-1. The predicted octanol–water partition coefficient (Wildman–Crippen LogP) is 4.02. The Morgan fingerprint density at radius 3 is 1.19 bits per heavy atom. The smallest absolute Gasteiger partial charge is 0.460 e. The maximum atomic E-state index is 13.9. The van der Waals surface area contributed by atoms with Crippen LogP contribution < -0.4 is 5.32 Å². The van der Waals surface area contributed by atoms with E-state index in [1.165, 1.54) is 5.32 Å². The van der Waals surface area contributed by atoms with E-state index in [9.17, 15) is 83.1 Å². The van der Waals surface area contributed by atoms with Gasteiger partial charge in [-0.25, -0.2) is 16.8 Å². The van der Waals surface area contributed by atoms with E-state index in [1.54, 1.807) is 21.1 Å². The molecule has 0 amide bonds. The molecule has 0 spiro atoms. The van der Waals surface area contributed by atoms with Crippen molar-refractivity contribution in [2.24, 2.45) is 0 Å². The van der Waals surface area contributed by atoms with E-state index in [0.717, 1.165) is 0 Å². The summed E-state index contributed by atoms with van der Waals surface area (Å²) in [5.74, 6) is -53.9. The summed E-state index contributed by atoms with van der Waals surface area (Å²) in [5.41, 5.74) is 0. The highest BCUT2D eigenvalue weighted by Gasteiger charge is 2.96. The van der Waals surface area contributed by atoms with E-state index in [0.29, 0.717) is 0 Å². The van der Waals surface area contributed by atoms with Crippen molar-refractivity contribution in [1.82, 2.24) is 5.32 Å². The van der Waals surface area contributed by atoms with Crippen LogP contribution in [0.15, 0.2) is 0 Å². The van der Waals surface area contributed by atoms with Gasteiger partial charge in [-0.2, -0.15) is 74.6 Å². The average Bonchev–Trinajstić information content (AvgIpc) is 2.69. The van der Waals surface area contributed by atoms with Crippen LogP contribution in [0.3, 0.4) is 0 Å². The van der Waals surface area contributed by atoms with E-state index in [-0.39, 0.29) is 17.4 Å². The Bertz CT molecular complexity index is 1120. The molecule has 0 aromatic heterocycles. The first-order valence-electron chi connectivity index (χ1n) is 9.84. The minimum Gasteiger partial charge on any atom is -0.726 e. The molecule has 0 unspecified atom stereocenters. The summed E-state index contributed by atoms with van der Waals surface area (Å²) < 4.78 is 280. The van der Waals surface area contributed by atoms with E-state index in [1.807, 2.05) is 0 Å². The van der Waals surface area contributed by atoms with Crippen LogP contribution in [0, 0.1) is 0 Å². The molecule has 2 N–H and O–H groups in total. The summed E-state index contributed by atoms with van der Waals surface area (Å²) in [6.07, 6.45) is -7.96. The second-order valence-corrected chi connectivity index (χ2v) is 11.9. The number of hydrogen-bond acceptors (Lipinski definition) is 6. The number of rotatable bonds is 13. The molecule has 42 heavy (non-hydrogen) atoms. The molecule has 0 atom stereocenters. The van der Waals surface area contributed by atoms with Crippen LogP contribution >= 0.6 is 0 Å². The van der Waals surface area contributed by atoms with E-state index < -0.39 is 79.6 Å². The molecule has 0 bridgehead atoms. The molecule has 0 aromatic carbocycles. The third-order valence-corrected chi connectivity index (χ3v) is 6.18. The number of alkyl halides is 17. The SMILES string of the molecule is C[N+](C)(C)CCCNCS(=O)(=O)C(F)(F)C(F)(F)C(F)(F)C(F)(F)C(F)(F)C(F)(F)C(F)(F)C(F)(F)F.O=S(=O)([O-])O. The van der Waals surface area contributed by atoms with Gasteiger partial charge < -0.3 is 14.4 Å². The van der Waals surface area contributed by atoms with Crippen molar-refractivity contribution in [3.8, 4) is 0 Å². The average molecular weight is 710 g/mol. The maximum absolute atomic E-state index is 13.9. The Balaban J connectivity index is 0. The van der Waals surface area contributed by atoms with Crippen LogP contribution in [-0.4, -0.2) is 117 Å². The van der Waals surface area contributed by atoms with Gasteiger partial charge in [-0.05, 0) is 0 Å². The lowest BCUT2D eigenvalue weighted by Gasteiger charge is -2.42. The molecule has 0 aromatic rings. The van der Waals surface area contributed by atoms with Crippen LogP contribution in [0.5, 0.6) is 0 Å². The summed E-state index contributed by atoms with van der Waals surface area (Å²) >= 11 is 0. The van der Waals surface area contributed by atoms with Gasteiger partial charge in [-0.15, -0.1) is 0 Å². The van der Waals surface area contributed by atoms with Crippen LogP contribution in [0.1, 0.15) is 6.42 Å². The molecule has 0 radical (unpaired) electrons. The van der Waals surface area contributed by atoms with Gasteiger partial charge in [0.2, 0.25) is 20.2 Å². The van der Waals surface area contributed by atoms with Gasteiger partial charge >= 0.3 is 47.0 Å². The first kappa shape index (κ1) is 42.7. The van der Waals surface area contributed by atoms with Crippen molar-refractivity contribution in [2.75, 3.05) is 40.1 Å². The Kier molecular flexibility index (Phi) is 12.3. The van der Waals surface area contributed by atoms with Crippen molar-refractivity contribution in [3.63, 3.8) is 0 Å². The third-order valence-electron chi connectivity index (χ3n) is 4.56. The molecule has 0 saturated heterocycles. The first-order valence-corrected chi connectivity index (χ1v) is 12.9. The maximum Gasteiger partial charge on any atom is 0.460 e. The number of nitrogens with one attached hydrogen (secondary N) is 1. The third kappa shape index (κ3) is 8.38. The van der Waals surface area contributed by atoms with Crippen LogP contribution in [0.25, 0.3) is 0 Å². The minimum atomic E-state index is -8.82. The van der Waals surface area contributed by atoms with Crippen LogP contribution in [-0.2, 0) is 20.2 Å². The summed E-state index contributed by atoms with van der Waals surface area (Å²) in [6.45, 7) is -0.449. The number of sulfone groups is 1. The quantitative estimate of drug-likeness (QED) is 0.0974. The number of halogens is 17. The van der Waals surface area contributed by atoms with Crippen molar-refractivity contribution in [3.05, 3.63) is 0 Å². The molecule has 0 aliphatic heterocycles. The zero-order chi connectivity index (χ0) is 35.0. The molecule has 0 aliphatic carbocycles. The van der Waals surface area contributed by atoms with E-state index in [2.05, 4.69) is 0 Å². The normalized spacial score (nSPS) is 15.8. The molecule has 0 rings (SSSR count). The fraction of sp³-hybridized carbons (Fsp3) is 1.00. The number of nitrogens with zero attached hydrogens (tertiary/aromatic N) is 1. The Morgan fingerprint density at radius 1 is 0.619 bits per heavy atom. The summed E-state index contributed by atoms with van der Waals surface area (Å²) in [5, 5.41) is -5.95. The zero-order valence-electron chi connectivity index (χ0n) is 20.5. The van der Waals surface area contributed by atoms with Gasteiger partial charge in [0, 0.05) is 13.0 Å². The molecular formula is C15H19F17N2O6S2. The minimum absolute atomic E-state index is 0.0933. The largest absolute Gasteiger partial charge is 0.726 e. The molecule has 8 nitrogen and oxygen atoms in total. The van der Waals surface area contributed by atoms with Crippen LogP contribution in [0.2, 0.25) is 0 Å². The second kappa shape index (κ2) is 12.2. The molecule has 0 aliphatic rings. The monoisotopic (exact) mass is 710 g/mol. The molecule has 256 valence electrons. The van der Waals surface area contributed by atoms with Gasteiger partial charge in [0.25, 0.3) is 0 Å². The summed E-state index contributed by atoms with van der Waals surface area (Å²) in [4.78, 5) is 0. The Hall–Kier alpha value is -1.45. The van der Waals surface area contributed by atoms with Crippen molar-refractivity contribution in [2.45, 2.75) is 53.4 Å². The van der Waals surface area contributed by atoms with Gasteiger partial charge in [0.1, 0.15) is 5.88 Å².